The Hall–Kier alpha value is -2.95. The van der Waals surface area contributed by atoms with Crippen LogP contribution >= 0.6 is 0 Å². The van der Waals surface area contributed by atoms with Crippen molar-refractivity contribution < 1.29 is 10.2 Å². The van der Waals surface area contributed by atoms with Gasteiger partial charge in [0, 0.05) is 18.3 Å². The molecule has 0 bridgehead atoms. The lowest BCUT2D eigenvalue weighted by Gasteiger charge is -2.07. The smallest absolute Gasteiger partial charge is 0.279 e. The molecule has 3 aromatic rings. The molecule has 0 aliphatic rings. The molecule has 0 aliphatic carbocycles. The molecule has 112 valence electrons. The van der Waals surface area contributed by atoms with Crippen molar-refractivity contribution in [3.05, 3.63) is 64.6 Å². The van der Waals surface area contributed by atoms with E-state index in [9.17, 15) is 15.0 Å². The molecular weight excluding hydrogens is 280 g/mol. The lowest BCUT2D eigenvalue weighted by atomic mass is 10.0. The zero-order chi connectivity index (χ0) is 15.9. The third-order valence-corrected chi connectivity index (χ3v) is 3.84. The first-order chi connectivity index (χ1) is 10.5. The largest absolute Gasteiger partial charge is 0.504 e. The van der Waals surface area contributed by atoms with Gasteiger partial charge in [0.15, 0.2) is 11.5 Å². The first-order valence-electron chi connectivity index (χ1n) is 6.87. The van der Waals surface area contributed by atoms with E-state index in [1.54, 1.807) is 30.8 Å². The van der Waals surface area contributed by atoms with Crippen LogP contribution in [0.1, 0.15) is 5.69 Å². The van der Waals surface area contributed by atoms with Gasteiger partial charge < -0.3 is 10.2 Å². The standard InChI is InChI=1S/C17H16N2O3/c1-11-15(13-9-6-10-14(20)16(13)21)17(22)19(18(11)2)12-7-4-3-5-8-12/h3-10,20-21H,1-2H3. The van der Waals surface area contributed by atoms with Gasteiger partial charge in [-0.2, -0.15) is 0 Å². The number of aromatic hydroxyl groups is 2. The summed E-state index contributed by atoms with van der Waals surface area (Å²) in [7, 11) is 1.78. The number of rotatable bonds is 2. The minimum absolute atomic E-state index is 0.243. The highest BCUT2D eigenvalue weighted by atomic mass is 16.3. The molecule has 5 nitrogen and oxygen atoms in total. The number of nitrogens with zero attached hydrogens (tertiary/aromatic N) is 2. The van der Waals surface area contributed by atoms with Gasteiger partial charge in [-0.05, 0) is 25.1 Å². The van der Waals surface area contributed by atoms with Crippen LogP contribution < -0.4 is 5.56 Å². The molecule has 0 aliphatic heterocycles. The fourth-order valence-electron chi connectivity index (χ4n) is 2.61. The molecule has 0 unspecified atom stereocenters. The van der Waals surface area contributed by atoms with Gasteiger partial charge in [0.2, 0.25) is 0 Å². The summed E-state index contributed by atoms with van der Waals surface area (Å²) in [6.07, 6.45) is 0. The minimum Gasteiger partial charge on any atom is -0.504 e. The van der Waals surface area contributed by atoms with Gasteiger partial charge in [-0.25, -0.2) is 4.68 Å². The molecule has 2 aromatic carbocycles. The maximum atomic E-state index is 12.8. The van der Waals surface area contributed by atoms with E-state index in [1.807, 2.05) is 30.3 Å². The van der Waals surface area contributed by atoms with Crippen molar-refractivity contribution in [3.63, 3.8) is 0 Å². The summed E-state index contributed by atoms with van der Waals surface area (Å²) in [5.41, 5.74) is 1.90. The summed E-state index contributed by atoms with van der Waals surface area (Å²) in [5, 5.41) is 19.7. The maximum absolute atomic E-state index is 12.8. The SMILES string of the molecule is Cc1c(-c2cccc(O)c2O)c(=O)n(-c2ccccc2)n1C. The second-order valence-electron chi connectivity index (χ2n) is 5.11. The summed E-state index contributed by atoms with van der Waals surface area (Å²) in [4.78, 5) is 12.8. The van der Waals surface area contributed by atoms with Gasteiger partial charge in [0.25, 0.3) is 5.56 Å². The number of benzene rings is 2. The second kappa shape index (κ2) is 5.11. The zero-order valence-corrected chi connectivity index (χ0v) is 12.3. The van der Waals surface area contributed by atoms with E-state index < -0.39 is 0 Å². The van der Waals surface area contributed by atoms with E-state index in [1.165, 1.54) is 10.7 Å². The summed E-state index contributed by atoms with van der Waals surface area (Å²) >= 11 is 0. The van der Waals surface area contributed by atoms with Crippen LogP contribution in [0.2, 0.25) is 0 Å². The van der Waals surface area contributed by atoms with Crippen molar-refractivity contribution in [2.75, 3.05) is 0 Å². The maximum Gasteiger partial charge on any atom is 0.279 e. The molecule has 5 heteroatoms. The first kappa shape index (κ1) is 14.0. The number of hydrogen-bond donors (Lipinski definition) is 2. The van der Waals surface area contributed by atoms with Gasteiger partial charge >= 0.3 is 0 Å². The van der Waals surface area contributed by atoms with Crippen LogP contribution in [0.25, 0.3) is 16.8 Å². The molecule has 1 heterocycles. The van der Waals surface area contributed by atoms with Crippen molar-refractivity contribution >= 4 is 0 Å². The minimum atomic E-state index is -0.284. The van der Waals surface area contributed by atoms with Crippen LogP contribution in [-0.2, 0) is 7.05 Å². The van der Waals surface area contributed by atoms with Gasteiger partial charge in [-0.1, -0.05) is 30.3 Å². The lowest BCUT2D eigenvalue weighted by molar-refractivity contribution is 0.405. The molecule has 0 saturated carbocycles. The van der Waals surface area contributed by atoms with Crippen LogP contribution in [0.5, 0.6) is 11.5 Å². The van der Waals surface area contributed by atoms with E-state index in [0.29, 0.717) is 16.8 Å². The fraction of sp³-hybridized carbons (Fsp3) is 0.118. The Kier molecular flexibility index (Phi) is 3.25. The Balaban J connectivity index is 2.32. The first-order valence-corrected chi connectivity index (χ1v) is 6.87. The van der Waals surface area contributed by atoms with Crippen LogP contribution in [0, 0.1) is 6.92 Å². The van der Waals surface area contributed by atoms with E-state index in [-0.39, 0.29) is 17.1 Å². The topological polar surface area (TPSA) is 67.4 Å². The number of phenols is 2. The van der Waals surface area contributed by atoms with Crippen molar-refractivity contribution in [1.82, 2.24) is 9.36 Å². The molecule has 22 heavy (non-hydrogen) atoms. The van der Waals surface area contributed by atoms with Crippen molar-refractivity contribution in [3.8, 4) is 28.3 Å². The summed E-state index contributed by atoms with van der Waals surface area (Å²) < 4.78 is 3.27. The average Bonchev–Trinajstić information content (AvgIpc) is 2.74. The Morgan fingerprint density at radius 2 is 1.64 bits per heavy atom. The van der Waals surface area contributed by atoms with Crippen molar-refractivity contribution in [2.45, 2.75) is 6.92 Å². The normalized spacial score (nSPS) is 10.8. The number of para-hydroxylation sites is 2. The van der Waals surface area contributed by atoms with Gasteiger partial charge in [-0.15, -0.1) is 0 Å². The number of hydrogen-bond acceptors (Lipinski definition) is 3. The zero-order valence-electron chi connectivity index (χ0n) is 12.3. The summed E-state index contributed by atoms with van der Waals surface area (Å²) in [6.45, 7) is 1.81. The van der Waals surface area contributed by atoms with Gasteiger partial charge in [0.1, 0.15) is 0 Å². The van der Waals surface area contributed by atoms with Crippen LogP contribution in [0.3, 0.4) is 0 Å². The Morgan fingerprint density at radius 1 is 0.955 bits per heavy atom. The fourth-order valence-corrected chi connectivity index (χ4v) is 2.61. The highest BCUT2D eigenvalue weighted by Crippen LogP contribution is 2.36. The number of aromatic nitrogens is 2. The predicted molar refractivity (Wildman–Crippen MR) is 84.5 cm³/mol. The average molecular weight is 296 g/mol. The highest BCUT2D eigenvalue weighted by molar-refractivity contribution is 5.74. The monoisotopic (exact) mass is 296 g/mol. The summed E-state index contributed by atoms with van der Waals surface area (Å²) in [5.74, 6) is -0.528. The Bertz CT molecular complexity index is 892. The highest BCUT2D eigenvalue weighted by Gasteiger charge is 2.20. The van der Waals surface area contributed by atoms with Gasteiger partial charge in [0.05, 0.1) is 11.3 Å². The molecule has 0 fully saturated rings. The van der Waals surface area contributed by atoms with Crippen LogP contribution in [0.15, 0.2) is 53.3 Å². The molecule has 0 amide bonds. The lowest BCUT2D eigenvalue weighted by Crippen LogP contribution is -2.20. The third-order valence-electron chi connectivity index (χ3n) is 3.84. The van der Waals surface area contributed by atoms with E-state index in [0.717, 1.165) is 5.69 Å². The molecule has 3 rings (SSSR count). The molecule has 2 N–H and O–H groups in total. The van der Waals surface area contributed by atoms with Crippen molar-refractivity contribution in [1.29, 1.82) is 0 Å². The number of phenolic OH excluding ortho intramolecular Hbond substituents is 2. The molecule has 0 saturated heterocycles. The van der Waals surface area contributed by atoms with Crippen LogP contribution in [0.4, 0.5) is 0 Å². The van der Waals surface area contributed by atoms with E-state index in [4.69, 9.17) is 0 Å². The van der Waals surface area contributed by atoms with Crippen LogP contribution in [-0.4, -0.2) is 19.6 Å². The second-order valence-corrected chi connectivity index (χ2v) is 5.11. The molecule has 0 radical (unpaired) electrons. The Morgan fingerprint density at radius 3 is 2.32 bits per heavy atom. The summed E-state index contributed by atoms with van der Waals surface area (Å²) in [6, 6.07) is 13.9. The third kappa shape index (κ3) is 1.98. The molecule has 1 aromatic heterocycles. The van der Waals surface area contributed by atoms with Crippen molar-refractivity contribution in [2.24, 2.45) is 7.05 Å². The quantitative estimate of drug-likeness (QED) is 0.714. The van der Waals surface area contributed by atoms with E-state index >= 15 is 0 Å². The van der Waals surface area contributed by atoms with Gasteiger partial charge in [-0.3, -0.25) is 9.48 Å². The molecule has 0 spiro atoms. The molecular formula is C17H16N2O3. The predicted octanol–water partition coefficient (Wildman–Crippen LogP) is 2.56. The Labute approximate surface area is 127 Å². The molecule has 0 atom stereocenters. The van der Waals surface area contributed by atoms with E-state index in [2.05, 4.69) is 0 Å².